The fourth-order valence-electron chi connectivity index (χ4n) is 5.82. The molecular formula is C37H38N2O9. The lowest BCUT2D eigenvalue weighted by Crippen LogP contribution is -2.63. The van der Waals surface area contributed by atoms with E-state index in [0.29, 0.717) is 36.9 Å². The van der Waals surface area contributed by atoms with Crippen LogP contribution in [0, 0.1) is 23.2 Å². The molecule has 0 bridgehead atoms. The minimum absolute atomic E-state index is 0.330. The van der Waals surface area contributed by atoms with Gasteiger partial charge in [-0.15, -0.1) is 0 Å². The molecule has 1 amide bonds. The first-order valence-electron chi connectivity index (χ1n) is 15.8. The number of hydrogen-bond acceptors (Lipinski definition) is 10. The Balaban J connectivity index is 1.48. The molecule has 0 radical (unpaired) electrons. The Labute approximate surface area is 279 Å². The molecule has 5 rings (SSSR count). The predicted molar refractivity (Wildman–Crippen MR) is 173 cm³/mol. The molecule has 2 heterocycles. The lowest BCUT2D eigenvalue weighted by molar-refractivity contribution is -0.300. The number of amides is 1. The molecule has 0 aromatic heterocycles. The fraction of sp³-hybridized carbons (Fsp3) is 0.351. The van der Waals surface area contributed by atoms with Crippen molar-refractivity contribution < 1.29 is 43.2 Å². The number of ether oxygens (including phenoxy) is 5. The van der Waals surface area contributed by atoms with Crippen molar-refractivity contribution in [2.75, 3.05) is 19.0 Å². The maximum Gasteiger partial charge on any atom is 0.412 e. The molecule has 2 aliphatic heterocycles. The van der Waals surface area contributed by atoms with Gasteiger partial charge in [0.2, 0.25) is 0 Å². The Morgan fingerprint density at radius 1 is 0.854 bits per heavy atom. The summed E-state index contributed by atoms with van der Waals surface area (Å²) in [5.41, 5.74) is 2.60. The van der Waals surface area contributed by atoms with Crippen molar-refractivity contribution in [3.05, 3.63) is 114 Å². The number of allylic oxidation sites excluding steroid dienone is 2. The molecule has 1 fully saturated rings. The number of nitrogens with zero attached hydrogens (tertiary/aromatic N) is 1. The van der Waals surface area contributed by atoms with E-state index in [-0.39, 0.29) is 0 Å². The first-order valence-corrected chi connectivity index (χ1v) is 15.8. The van der Waals surface area contributed by atoms with Crippen molar-refractivity contribution in [1.82, 2.24) is 0 Å². The van der Waals surface area contributed by atoms with Gasteiger partial charge in [-0.2, -0.15) is 5.26 Å². The zero-order valence-corrected chi connectivity index (χ0v) is 26.5. The molecule has 3 aromatic carbocycles. The van der Waals surface area contributed by atoms with Crippen LogP contribution in [0.25, 0.3) is 0 Å². The molecule has 11 nitrogen and oxygen atoms in total. The molecular weight excluding hydrogens is 616 g/mol. The second-order valence-electron chi connectivity index (χ2n) is 11.7. The summed E-state index contributed by atoms with van der Waals surface area (Å²) in [7, 11) is 1.34. The number of aliphatic hydroxyl groups excluding tert-OH is 1. The maximum atomic E-state index is 13.9. The van der Waals surface area contributed by atoms with Crippen LogP contribution in [-0.4, -0.2) is 67.6 Å². The van der Waals surface area contributed by atoms with Crippen molar-refractivity contribution in [3.63, 3.8) is 0 Å². The lowest BCUT2D eigenvalue weighted by atomic mass is 9.92. The Hall–Kier alpha value is -5.02. The second-order valence-corrected chi connectivity index (χ2v) is 11.7. The molecule has 2 aliphatic rings. The largest absolute Gasteiger partial charge is 0.454 e. The third-order valence-electron chi connectivity index (χ3n) is 8.34. The zero-order valence-electron chi connectivity index (χ0n) is 26.5. The van der Waals surface area contributed by atoms with E-state index in [4.69, 9.17) is 28.9 Å². The van der Waals surface area contributed by atoms with Gasteiger partial charge in [0, 0.05) is 12.8 Å². The number of rotatable bonds is 8. The van der Waals surface area contributed by atoms with Crippen LogP contribution >= 0.6 is 0 Å². The number of esters is 2. The molecule has 48 heavy (non-hydrogen) atoms. The van der Waals surface area contributed by atoms with Gasteiger partial charge in [-0.3, -0.25) is 14.9 Å². The van der Waals surface area contributed by atoms with Crippen LogP contribution in [0.3, 0.4) is 0 Å². The third-order valence-corrected chi connectivity index (χ3v) is 8.34. The highest BCUT2D eigenvalue weighted by atomic mass is 16.7. The number of carbonyl (C=O) groups excluding carboxylic acids is 3. The Kier molecular flexibility index (Phi) is 11.9. The van der Waals surface area contributed by atoms with E-state index in [1.807, 2.05) is 78.9 Å². The zero-order chi connectivity index (χ0) is 33.9. The van der Waals surface area contributed by atoms with Crippen LogP contribution in [-0.2, 0) is 46.1 Å². The Morgan fingerprint density at radius 3 is 1.90 bits per heavy atom. The van der Waals surface area contributed by atoms with E-state index in [2.05, 4.69) is 5.32 Å². The smallest absolute Gasteiger partial charge is 0.412 e. The highest BCUT2D eigenvalue weighted by Crippen LogP contribution is 2.32. The minimum atomic E-state index is -1.40. The van der Waals surface area contributed by atoms with Gasteiger partial charge in [-0.25, -0.2) is 4.79 Å². The van der Waals surface area contributed by atoms with Crippen molar-refractivity contribution in [2.24, 2.45) is 11.8 Å². The molecule has 0 saturated carbocycles. The highest BCUT2D eigenvalue weighted by molar-refractivity contribution is 5.85. The minimum Gasteiger partial charge on any atom is -0.454 e. The first kappa shape index (κ1) is 34.3. The van der Waals surface area contributed by atoms with E-state index < -0.39 is 67.2 Å². The number of benzene rings is 3. The summed E-state index contributed by atoms with van der Waals surface area (Å²) < 4.78 is 29.4. The van der Waals surface area contributed by atoms with Crippen molar-refractivity contribution in [1.29, 1.82) is 5.26 Å². The molecule has 2 N–H and O–H groups in total. The first-order chi connectivity index (χ1) is 23.4. The fourth-order valence-corrected chi connectivity index (χ4v) is 5.82. The summed E-state index contributed by atoms with van der Waals surface area (Å²) in [6.07, 6.45) is -2.35. The molecule has 1 saturated heterocycles. The summed E-state index contributed by atoms with van der Waals surface area (Å²) in [6, 6.07) is 27.2. The van der Waals surface area contributed by atoms with Crippen LogP contribution in [0.4, 0.5) is 10.5 Å². The van der Waals surface area contributed by atoms with Crippen LogP contribution in [0.5, 0.6) is 0 Å². The van der Waals surface area contributed by atoms with Crippen molar-refractivity contribution in [2.45, 2.75) is 56.4 Å². The lowest BCUT2D eigenvalue weighted by Gasteiger charge is -2.44. The summed E-state index contributed by atoms with van der Waals surface area (Å²) >= 11 is 0. The van der Waals surface area contributed by atoms with Gasteiger partial charge >= 0.3 is 18.0 Å². The summed E-state index contributed by atoms with van der Waals surface area (Å²) in [5, 5.41) is 22.0. The van der Waals surface area contributed by atoms with Gasteiger partial charge in [-0.1, -0.05) is 72.8 Å². The monoisotopic (exact) mass is 654 g/mol. The summed E-state index contributed by atoms with van der Waals surface area (Å²) in [6.45, 7) is -0.629. The topological polar surface area (TPSA) is 153 Å². The van der Waals surface area contributed by atoms with Crippen LogP contribution in [0.2, 0.25) is 0 Å². The number of methoxy groups -OCH3 is 1. The molecule has 11 heteroatoms. The number of hydrogen-bond donors (Lipinski definition) is 2. The van der Waals surface area contributed by atoms with Gasteiger partial charge < -0.3 is 28.8 Å². The van der Waals surface area contributed by atoms with E-state index in [0.717, 1.165) is 11.1 Å². The van der Waals surface area contributed by atoms with E-state index in [9.17, 15) is 19.5 Å². The third kappa shape index (κ3) is 8.86. The number of nitriles is 1. The summed E-state index contributed by atoms with van der Waals surface area (Å²) in [4.78, 5) is 40.9. The Bertz CT molecular complexity index is 1590. The van der Waals surface area contributed by atoms with Gasteiger partial charge in [0.25, 0.3) is 0 Å². The average molecular weight is 655 g/mol. The van der Waals surface area contributed by atoms with E-state index in [1.54, 1.807) is 0 Å². The predicted octanol–water partition coefficient (Wildman–Crippen LogP) is 4.73. The highest BCUT2D eigenvalue weighted by Gasteiger charge is 2.53. The van der Waals surface area contributed by atoms with Gasteiger partial charge in [-0.05, 0) is 61.1 Å². The van der Waals surface area contributed by atoms with Crippen molar-refractivity contribution >= 4 is 23.7 Å². The van der Waals surface area contributed by atoms with Gasteiger partial charge in [0.15, 0.2) is 24.6 Å². The Morgan fingerprint density at radius 2 is 1.40 bits per heavy atom. The number of nitrogens with one attached hydrogen (secondary N) is 1. The number of aliphatic hydroxyl groups is 1. The van der Waals surface area contributed by atoms with Crippen molar-refractivity contribution in [3.8, 4) is 6.07 Å². The number of fused-ring (bicyclic) bond motifs is 1. The van der Waals surface area contributed by atoms with Gasteiger partial charge in [0.1, 0.15) is 6.10 Å². The van der Waals surface area contributed by atoms with Crippen LogP contribution in [0.1, 0.15) is 29.5 Å². The van der Waals surface area contributed by atoms with E-state index in [1.165, 1.54) is 31.4 Å². The molecule has 0 spiro atoms. The van der Waals surface area contributed by atoms with E-state index >= 15 is 0 Å². The summed E-state index contributed by atoms with van der Waals surface area (Å²) in [5.74, 6) is -2.41. The van der Waals surface area contributed by atoms with Crippen LogP contribution < -0.4 is 5.32 Å². The maximum absolute atomic E-state index is 13.9. The quantitative estimate of drug-likeness (QED) is 0.198. The molecule has 0 unspecified atom stereocenters. The van der Waals surface area contributed by atoms with Gasteiger partial charge in [0.05, 0.1) is 30.1 Å². The standard InChI is InChI=1S/C37H38N2O9/c1-44-36-33-32(31(30(23-40)45-36)48-37(43)39-29-18-16-26(22-38)17-19-29)46-34(41)27(20-24-10-4-2-5-11-24)14-8-9-15-28(35(42)47-33)21-25-12-6-3-7-13-25/h2-13,16-19,27-28,30-33,36,40H,14-15,20-21,23H2,1H3,(H,39,43)/t27-,28-,30+,31+,32-,33-,36-/m0/s1. The molecule has 3 aromatic rings. The normalized spacial score (nSPS) is 26.0. The molecule has 7 atom stereocenters. The van der Waals surface area contributed by atoms with Crippen LogP contribution in [0.15, 0.2) is 97.1 Å². The average Bonchev–Trinajstić information content (AvgIpc) is 3.11. The molecule has 0 aliphatic carbocycles. The number of anilines is 1. The number of carbonyl (C=O) groups is 3. The SMILES string of the molecule is CO[C@H]1O[C@H](CO)[C@@H](OC(=O)Nc2ccc(C#N)cc2)[C@@H]2OC(=O)[C@H](Cc3ccccc3)CC=CC[C@@H](Cc3ccccc3)C(=O)O[C@H]12. The molecule has 250 valence electrons. The second kappa shape index (κ2) is 16.7.